The van der Waals surface area contributed by atoms with Gasteiger partial charge in [0.15, 0.2) is 5.82 Å². The molecular formula is C51H31N3O2. The Bertz CT molecular complexity index is 3240. The first-order chi connectivity index (χ1) is 27.7. The van der Waals surface area contributed by atoms with Crippen LogP contribution in [0.4, 0.5) is 0 Å². The molecule has 0 bridgehead atoms. The fourth-order valence-corrected chi connectivity index (χ4v) is 7.92. The molecule has 0 atom stereocenters. The highest BCUT2D eigenvalue weighted by Crippen LogP contribution is 2.45. The van der Waals surface area contributed by atoms with Gasteiger partial charge in [-0.1, -0.05) is 133 Å². The van der Waals surface area contributed by atoms with Crippen LogP contribution in [0.25, 0.3) is 111 Å². The molecule has 0 saturated heterocycles. The second-order valence-corrected chi connectivity index (χ2v) is 14.0. The van der Waals surface area contributed by atoms with E-state index in [0.717, 1.165) is 105 Å². The zero-order valence-corrected chi connectivity index (χ0v) is 30.1. The van der Waals surface area contributed by atoms with Gasteiger partial charge < -0.3 is 8.83 Å². The van der Waals surface area contributed by atoms with Crippen molar-refractivity contribution in [1.29, 1.82) is 0 Å². The van der Waals surface area contributed by atoms with Gasteiger partial charge in [0.05, 0.1) is 11.4 Å². The van der Waals surface area contributed by atoms with E-state index in [9.17, 15) is 0 Å². The van der Waals surface area contributed by atoms with E-state index >= 15 is 0 Å². The third-order valence-corrected chi connectivity index (χ3v) is 10.6. The van der Waals surface area contributed by atoms with Gasteiger partial charge in [0.2, 0.25) is 0 Å². The molecule has 7 aromatic carbocycles. The molecule has 5 heteroatoms. The van der Waals surface area contributed by atoms with Gasteiger partial charge in [-0.2, -0.15) is 0 Å². The number of furan rings is 2. The summed E-state index contributed by atoms with van der Waals surface area (Å²) in [7, 11) is 0. The summed E-state index contributed by atoms with van der Waals surface area (Å²) in [6.45, 7) is 0. The molecule has 0 aliphatic heterocycles. The van der Waals surface area contributed by atoms with Crippen LogP contribution in [-0.4, -0.2) is 15.0 Å². The lowest BCUT2D eigenvalue weighted by Crippen LogP contribution is -1.96. The maximum atomic E-state index is 6.70. The number of para-hydroxylation sites is 3. The predicted octanol–water partition coefficient (Wildman–Crippen LogP) is 13.7. The first-order valence-electron chi connectivity index (χ1n) is 18.7. The molecule has 0 saturated carbocycles. The quantitative estimate of drug-likeness (QED) is 0.171. The van der Waals surface area contributed by atoms with Crippen LogP contribution in [0.2, 0.25) is 0 Å². The van der Waals surface area contributed by atoms with E-state index in [1.54, 1.807) is 0 Å². The summed E-state index contributed by atoms with van der Waals surface area (Å²) < 4.78 is 13.2. The van der Waals surface area contributed by atoms with E-state index < -0.39 is 0 Å². The van der Waals surface area contributed by atoms with Crippen molar-refractivity contribution in [2.45, 2.75) is 0 Å². The fraction of sp³-hybridized carbons (Fsp3) is 0. The van der Waals surface area contributed by atoms with Crippen LogP contribution in [0.15, 0.2) is 197 Å². The van der Waals surface area contributed by atoms with Crippen LogP contribution in [0.1, 0.15) is 0 Å². The smallest absolute Gasteiger partial charge is 0.160 e. The van der Waals surface area contributed by atoms with Gasteiger partial charge in [-0.05, 0) is 64.7 Å². The molecule has 0 aliphatic rings. The summed E-state index contributed by atoms with van der Waals surface area (Å²) in [4.78, 5) is 14.4. The highest BCUT2D eigenvalue weighted by molar-refractivity contribution is 6.19. The third-order valence-electron chi connectivity index (χ3n) is 10.6. The minimum atomic E-state index is 0.667. The Balaban J connectivity index is 1.03. The molecule has 5 nitrogen and oxygen atoms in total. The number of aromatic nitrogens is 3. The van der Waals surface area contributed by atoms with Gasteiger partial charge >= 0.3 is 0 Å². The van der Waals surface area contributed by atoms with Gasteiger partial charge in [-0.3, -0.25) is 4.98 Å². The number of rotatable bonds is 6. The van der Waals surface area contributed by atoms with Crippen molar-refractivity contribution in [3.63, 3.8) is 0 Å². The van der Waals surface area contributed by atoms with E-state index in [1.165, 1.54) is 0 Å². The maximum Gasteiger partial charge on any atom is 0.160 e. The van der Waals surface area contributed by atoms with Crippen LogP contribution in [0.3, 0.4) is 0 Å². The second-order valence-electron chi connectivity index (χ2n) is 14.0. The van der Waals surface area contributed by atoms with Crippen molar-refractivity contribution in [3.05, 3.63) is 188 Å². The predicted molar refractivity (Wildman–Crippen MR) is 227 cm³/mol. The Kier molecular flexibility index (Phi) is 7.42. The average molecular weight is 718 g/mol. The molecular weight excluding hydrogens is 687 g/mol. The zero-order chi connectivity index (χ0) is 37.0. The molecule has 0 unspecified atom stereocenters. The Morgan fingerprint density at radius 3 is 1.73 bits per heavy atom. The molecule has 0 radical (unpaired) electrons. The largest absolute Gasteiger partial charge is 0.455 e. The summed E-state index contributed by atoms with van der Waals surface area (Å²) in [5.74, 6) is 0.667. The number of fused-ring (bicyclic) bond motifs is 6. The van der Waals surface area contributed by atoms with Crippen molar-refractivity contribution >= 4 is 43.9 Å². The summed E-state index contributed by atoms with van der Waals surface area (Å²) >= 11 is 0. The summed E-state index contributed by atoms with van der Waals surface area (Å²) in [5.41, 5.74) is 14.5. The number of hydrogen-bond donors (Lipinski definition) is 0. The molecule has 4 aromatic heterocycles. The maximum absolute atomic E-state index is 6.70. The Morgan fingerprint density at radius 2 is 0.929 bits per heavy atom. The Morgan fingerprint density at radius 1 is 0.339 bits per heavy atom. The normalized spacial score (nSPS) is 11.6. The summed E-state index contributed by atoms with van der Waals surface area (Å²) in [6, 6.07) is 60.6. The van der Waals surface area contributed by atoms with E-state index in [0.29, 0.717) is 5.82 Å². The molecule has 11 rings (SSSR count). The molecule has 0 spiro atoms. The molecule has 0 amide bonds. The van der Waals surface area contributed by atoms with E-state index in [4.69, 9.17) is 18.8 Å². The lowest BCUT2D eigenvalue weighted by atomic mass is 9.93. The summed E-state index contributed by atoms with van der Waals surface area (Å²) in [5, 5.41) is 4.35. The van der Waals surface area contributed by atoms with Crippen LogP contribution in [0, 0.1) is 0 Å². The van der Waals surface area contributed by atoms with Crippen molar-refractivity contribution in [2.75, 3.05) is 0 Å². The van der Waals surface area contributed by atoms with Crippen molar-refractivity contribution in [1.82, 2.24) is 15.0 Å². The van der Waals surface area contributed by atoms with Crippen LogP contribution >= 0.6 is 0 Å². The van der Waals surface area contributed by atoms with Gasteiger partial charge in [0.1, 0.15) is 22.3 Å². The van der Waals surface area contributed by atoms with Crippen molar-refractivity contribution < 1.29 is 8.83 Å². The average Bonchev–Trinajstić information content (AvgIpc) is 3.86. The highest BCUT2D eigenvalue weighted by Gasteiger charge is 2.21. The fourth-order valence-electron chi connectivity index (χ4n) is 7.92. The molecule has 262 valence electrons. The monoisotopic (exact) mass is 717 g/mol. The summed E-state index contributed by atoms with van der Waals surface area (Å²) in [6.07, 6.45) is 3.62. The number of nitrogens with zero attached hydrogens (tertiary/aromatic N) is 3. The highest BCUT2D eigenvalue weighted by atomic mass is 16.3. The first kappa shape index (κ1) is 31.9. The lowest BCUT2D eigenvalue weighted by Gasteiger charge is -2.12. The van der Waals surface area contributed by atoms with Crippen LogP contribution in [0.5, 0.6) is 0 Å². The van der Waals surface area contributed by atoms with Crippen LogP contribution < -0.4 is 0 Å². The minimum Gasteiger partial charge on any atom is -0.455 e. The standard InChI is InChI=1S/C51H31N3O2/c1-2-10-34(11-3-1)44-31-45(54-51(53-44)37-13-8-12-36(30-37)32-26-28-52-29-27-32)35-22-20-33(21-23-35)38-24-25-40(48-43-15-5-7-19-47(43)56-50(38)48)42-17-9-16-41-39-14-4-6-18-46(39)55-49(41)42/h1-31H. The van der Waals surface area contributed by atoms with Gasteiger partial charge in [0, 0.05) is 61.8 Å². The van der Waals surface area contributed by atoms with Crippen molar-refractivity contribution in [2.24, 2.45) is 0 Å². The second kappa shape index (κ2) is 13.0. The topological polar surface area (TPSA) is 65.0 Å². The number of benzene rings is 7. The van der Waals surface area contributed by atoms with Crippen molar-refractivity contribution in [3.8, 4) is 67.3 Å². The van der Waals surface area contributed by atoms with E-state index in [-0.39, 0.29) is 0 Å². The third kappa shape index (κ3) is 5.37. The number of hydrogen-bond acceptors (Lipinski definition) is 5. The zero-order valence-electron chi connectivity index (χ0n) is 30.1. The van der Waals surface area contributed by atoms with Gasteiger partial charge in [-0.25, -0.2) is 9.97 Å². The number of pyridine rings is 1. The molecule has 56 heavy (non-hydrogen) atoms. The lowest BCUT2D eigenvalue weighted by molar-refractivity contribution is 0.669. The first-order valence-corrected chi connectivity index (χ1v) is 18.7. The van der Waals surface area contributed by atoms with Gasteiger partial charge in [0.25, 0.3) is 0 Å². The van der Waals surface area contributed by atoms with E-state index in [2.05, 4.69) is 126 Å². The minimum absolute atomic E-state index is 0.667. The molecule has 0 fully saturated rings. The molecule has 0 aliphatic carbocycles. The molecule has 0 N–H and O–H groups in total. The van der Waals surface area contributed by atoms with E-state index in [1.807, 2.05) is 67.0 Å². The molecule has 11 aromatic rings. The molecule has 4 heterocycles. The van der Waals surface area contributed by atoms with Gasteiger partial charge in [-0.15, -0.1) is 0 Å². The Labute approximate surface area is 322 Å². The Hall–Kier alpha value is -7.63. The SMILES string of the molecule is c1ccc(-c2cc(-c3ccc(-c4ccc(-c5cccc6c5oc5ccccc56)c5c4oc4ccccc45)cc3)nc(-c3cccc(-c4ccncc4)c3)n2)cc1. The van der Waals surface area contributed by atoms with Crippen LogP contribution in [-0.2, 0) is 0 Å².